The first-order valence-electron chi connectivity index (χ1n) is 11.4. The number of para-hydroxylation sites is 2. The lowest BCUT2D eigenvalue weighted by molar-refractivity contribution is -0.119. The Labute approximate surface area is 215 Å². The summed E-state index contributed by atoms with van der Waals surface area (Å²) in [6.45, 7) is 1.92. The van der Waals surface area contributed by atoms with Crippen LogP contribution in [-0.4, -0.2) is 24.2 Å². The molecule has 2 amide bonds. The van der Waals surface area contributed by atoms with Gasteiger partial charge >= 0.3 is 0 Å². The molecule has 1 aromatic heterocycles. The van der Waals surface area contributed by atoms with Gasteiger partial charge in [0.25, 0.3) is 10.0 Å². The Morgan fingerprint density at radius 2 is 1.57 bits per heavy atom. The molecule has 3 aromatic carbocycles. The van der Waals surface area contributed by atoms with Crippen LogP contribution in [0.3, 0.4) is 0 Å². The molecular formula is C28H26N4O4S. The molecule has 0 aliphatic rings. The SMILES string of the molecule is CC(=O)NCc1ccc(-c2ccc(S(=O)(=O)n3ccc(/C=C/C(=O)Nc4ccccc4N)c3)cc2)cc1. The highest BCUT2D eigenvalue weighted by Gasteiger charge is 2.16. The van der Waals surface area contributed by atoms with Gasteiger partial charge in [0.15, 0.2) is 0 Å². The second-order valence-corrected chi connectivity index (χ2v) is 10.2. The molecule has 0 aliphatic carbocycles. The Balaban J connectivity index is 1.43. The number of nitrogens with two attached hydrogens (primary N) is 1. The van der Waals surface area contributed by atoms with Gasteiger partial charge in [-0.1, -0.05) is 48.5 Å². The number of aromatic nitrogens is 1. The molecule has 0 atom stereocenters. The molecule has 0 fully saturated rings. The van der Waals surface area contributed by atoms with Gasteiger partial charge in [0.1, 0.15) is 0 Å². The van der Waals surface area contributed by atoms with Gasteiger partial charge in [-0.05, 0) is 58.7 Å². The van der Waals surface area contributed by atoms with Crippen LogP contribution < -0.4 is 16.4 Å². The largest absolute Gasteiger partial charge is 0.397 e. The fourth-order valence-corrected chi connectivity index (χ4v) is 4.79. The van der Waals surface area contributed by atoms with Gasteiger partial charge in [0.05, 0.1) is 16.3 Å². The maximum absolute atomic E-state index is 13.1. The van der Waals surface area contributed by atoms with Crippen LogP contribution >= 0.6 is 0 Å². The summed E-state index contributed by atoms with van der Waals surface area (Å²) in [5, 5.41) is 5.43. The Morgan fingerprint density at radius 3 is 2.22 bits per heavy atom. The number of benzene rings is 3. The van der Waals surface area contributed by atoms with Crippen molar-refractivity contribution in [3.63, 3.8) is 0 Å². The van der Waals surface area contributed by atoms with E-state index < -0.39 is 10.0 Å². The molecule has 9 heteroatoms. The maximum atomic E-state index is 13.1. The first-order valence-corrected chi connectivity index (χ1v) is 12.9. The predicted octanol–water partition coefficient (Wildman–Crippen LogP) is 4.26. The Kier molecular flexibility index (Phi) is 7.55. The molecule has 0 spiro atoms. The molecule has 0 saturated carbocycles. The normalized spacial score (nSPS) is 11.4. The summed E-state index contributed by atoms with van der Waals surface area (Å²) in [5.41, 5.74) is 10.1. The second-order valence-electron chi connectivity index (χ2n) is 8.32. The average molecular weight is 515 g/mol. The second kappa shape index (κ2) is 11.0. The van der Waals surface area contributed by atoms with E-state index in [1.165, 1.54) is 31.5 Å². The monoisotopic (exact) mass is 514 g/mol. The third kappa shape index (κ3) is 6.33. The van der Waals surface area contributed by atoms with Crippen LogP contribution in [-0.2, 0) is 26.2 Å². The molecular weight excluding hydrogens is 488 g/mol. The summed E-state index contributed by atoms with van der Waals surface area (Å²) in [7, 11) is -3.81. The third-order valence-corrected chi connectivity index (χ3v) is 7.24. The molecule has 0 aliphatic heterocycles. The summed E-state index contributed by atoms with van der Waals surface area (Å²) in [6, 6.07) is 22.8. The molecule has 0 unspecified atom stereocenters. The number of carbonyl (C=O) groups excluding carboxylic acids is 2. The van der Waals surface area contributed by atoms with Gasteiger partial charge in [-0.3, -0.25) is 9.59 Å². The van der Waals surface area contributed by atoms with E-state index in [1.54, 1.807) is 54.6 Å². The van der Waals surface area contributed by atoms with Gasteiger partial charge in [-0.25, -0.2) is 12.4 Å². The zero-order valence-electron chi connectivity index (χ0n) is 20.1. The van der Waals surface area contributed by atoms with E-state index in [0.717, 1.165) is 20.7 Å². The Bertz CT molecular complexity index is 1550. The van der Waals surface area contributed by atoms with Crippen molar-refractivity contribution in [1.29, 1.82) is 0 Å². The van der Waals surface area contributed by atoms with Crippen LogP contribution in [0.5, 0.6) is 0 Å². The number of nitrogens with zero attached hydrogens (tertiary/aromatic N) is 1. The van der Waals surface area contributed by atoms with E-state index in [9.17, 15) is 18.0 Å². The van der Waals surface area contributed by atoms with Crippen molar-refractivity contribution in [3.05, 3.63) is 108 Å². The molecule has 8 nitrogen and oxygen atoms in total. The lowest BCUT2D eigenvalue weighted by atomic mass is 10.0. The van der Waals surface area contributed by atoms with E-state index in [2.05, 4.69) is 10.6 Å². The van der Waals surface area contributed by atoms with Crippen molar-refractivity contribution in [2.75, 3.05) is 11.1 Å². The van der Waals surface area contributed by atoms with Crippen molar-refractivity contribution >= 4 is 39.3 Å². The summed E-state index contributed by atoms with van der Waals surface area (Å²) < 4.78 is 27.3. The number of hydrogen-bond acceptors (Lipinski definition) is 5. The molecule has 4 aromatic rings. The van der Waals surface area contributed by atoms with Crippen molar-refractivity contribution in [1.82, 2.24) is 9.29 Å². The van der Waals surface area contributed by atoms with Crippen molar-refractivity contribution in [3.8, 4) is 11.1 Å². The van der Waals surface area contributed by atoms with Crippen molar-refractivity contribution < 1.29 is 18.0 Å². The Morgan fingerprint density at radius 1 is 0.919 bits per heavy atom. The lowest BCUT2D eigenvalue weighted by Gasteiger charge is -2.08. The van der Waals surface area contributed by atoms with E-state index in [1.807, 2.05) is 24.3 Å². The number of hydrogen-bond donors (Lipinski definition) is 3. The third-order valence-electron chi connectivity index (χ3n) is 5.59. The first kappa shape index (κ1) is 25.5. The smallest absolute Gasteiger partial charge is 0.267 e. The maximum Gasteiger partial charge on any atom is 0.267 e. The fraction of sp³-hybridized carbons (Fsp3) is 0.0714. The topological polar surface area (TPSA) is 123 Å². The van der Waals surface area contributed by atoms with Crippen LogP contribution in [0.25, 0.3) is 17.2 Å². The van der Waals surface area contributed by atoms with Gasteiger partial charge in [0, 0.05) is 31.9 Å². The molecule has 4 rings (SSSR count). The van der Waals surface area contributed by atoms with Crippen molar-refractivity contribution in [2.24, 2.45) is 0 Å². The molecule has 0 saturated heterocycles. The van der Waals surface area contributed by atoms with Crippen LogP contribution in [0, 0.1) is 0 Å². The molecule has 4 N–H and O–H groups in total. The van der Waals surface area contributed by atoms with Crippen LogP contribution in [0.4, 0.5) is 11.4 Å². The predicted molar refractivity (Wildman–Crippen MR) is 145 cm³/mol. The average Bonchev–Trinajstić information content (AvgIpc) is 3.38. The molecule has 1 heterocycles. The lowest BCUT2D eigenvalue weighted by Crippen LogP contribution is -2.18. The summed E-state index contributed by atoms with van der Waals surface area (Å²) in [5.74, 6) is -0.474. The highest BCUT2D eigenvalue weighted by atomic mass is 32.2. The van der Waals surface area contributed by atoms with Gasteiger partial charge in [0.2, 0.25) is 11.8 Å². The fourth-order valence-electron chi connectivity index (χ4n) is 3.58. The van der Waals surface area contributed by atoms with Crippen LogP contribution in [0.2, 0.25) is 0 Å². The van der Waals surface area contributed by atoms with Crippen molar-refractivity contribution in [2.45, 2.75) is 18.4 Å². The van der Waals surface area contributed by atoms with Crippen LogP contribution in [0.15, 0.2) is 102 Å². The summed E-state index contributed by atoms with van der Waals surface area (Å²) in [6.07, 6.45) is 5.72. The zero-order valence-corrected chi connectivity index (χ0v) is 20.9. The molecule has 0 radical (unpaired) electrons. The van der Waals surface area contributed by atoms with Gasteiger partial charge < -0.3 is 16.4 Å². The number of amides is 2. The standard InChI is InChI=1S/C28H26N4O4S/c1-20(33)30-18-21-6-9-23(10-7-21)24-11-13-25(14-12-24)37(35,36)32-17-16-22(19-32)8-15-28(34)31-27-5-3-2-4-26(27)29/h2-17,19H,18,29H2,1H3,(H,30,33)(H,31,34)/b15-8+. The van der Waals surface area contributed by atoms with E-state index >= 15 is 0 Å². The van der Waals surface area contributed by atoms with Gasteiger partial charge in [-0.15, -0.1) is 0 Å². The number of nitrogens with one attached hydrogen (secondary N) is 2. The minimum absolute atomic E-state index is 0.0918. The Hall–Kier alpha value is -4.63. The number of anilines is 2. The highest BCUT2D eigenvalue weighted by molar-refractivity contribution is 7.90. The first-order chi connectivity index (χ1) is 17.7. The van der Waals surface area contributed by atoms with E-state index in [0.29, 0.717) is 23.5 Å². The summed E-state index contributed by atoms with van der Waals surface area (Å²) in [4.78, 5) is 23.4. The van der Waals surface area contributed by atoms with Crippen LogP contribution in [0.1, 0.15) is 18.1 Å². The number of rotatable bonds is 8. The summed E-state index contributed by atoms with van der Waals surface area (Å²) >= 11 is 0. The van der Waals surface area contributed by atoms with E-state index in [4.69, 9.17) is 5.73 Å². The highest BCUT2D eigenvalue weighted by Crippen LogP contribution is 2.24. The zero-order chi connectivity index (χ0) is 26.4. The molecule has 37 heavy (non-hydrogen) atoms. The molecule has 0 bridgehead atoms. The van der Waals surface area contributed by atoms with Gasteiger partial charge in [-0.2, -0.15) is 0 Å². The quantitative estimate of drug-likeness (QED) is 0.239. The number of nitrogen functional groups attached to an aromatic ring is 1. The molecule has 188 valence electrons. The van der Waals surface area contributed by atoms with E-state index in [-0.39, 0.29) is 16.7 Å². The minimum Gasteiger partial charge on any atom is -0.397 e. The number of carbonyl (C=O) groups is 2. The minimum atomic E-state index is -3.81.